The summed E-state index contributed by atoms with van der Waals surface area (Å²) in [7, 11) is 0. The zero-order valence-corrected chi connectivity index (χ0v) is 10.8. The van der Waals surface area contributed by atoms with E-state index in [1.54, 1.807) is 0 Å². The molecule has 2 N–H and O–H groups in total. The molecular weight excluding hydrogens is 214 g/mol. The molecule has 2 aliphatic rings. The van der Waals surface area contributed by atoms with Crippen LogP contribution in [0.15, 0.2) is 0 Å². The van der Waals surface area contributed by atoms with E-state index in [-0.39, 0.29) is 5.92 Å². The highest BCUT2D eigenvalue weighted by Gasteiger charge is 2.28. The fraction of sp³-hybridized carbons (Fsp3) is 0.929. The standard InChI is InChI=1S/C14H25NO2/c1-10-3-2-4-13(9-10)15-12-7-5-11(6-8-12)14(16)17/h10-13,15H,2-9H2,1H3,(H,16,17). The Labute approximate surface area is 104 Å². The maximum atomic E-state index is 10.9. The molecule has 0 saturated heterocycles. The molecule has 98 valence electrons. The first-order chi connectivity index (χ1) is 8.15. The van der Waals surface area contributed by atoms with Crippen LogP contribution in [0.2, 0.25) is 0 Å². The second-order valence-electron chi connectivity index (χ2n) is 6.02. The summed E-state index contributed by atoms with van der Waals surface area (Å²) in [5.41, 5.74) is 0. The maximum absolute atomic E-state index is 10.9. The highest BCUT2D eigenvalue weighted by Crippen LogP contribution is 2.28. The van der Waals surface area contributed by atoms with Crippen molar-refractivity contribution in [3.05, 3.63) is 0 Å². The van der Waals surface area contributed by atoms with Gasteiger partial charge in [0, 0.05) is 12.1 Å². The fourth-order valence-electron chi connectivity index (χ4n) is 3.43. The molecule has 0 aliphatic heterocycles. The summed E-state index contributed by atoms with van der Waals surface area (Å²) >= 11 is 0. The molecule has 2 aliphatic carbocycles. The molecule has 0 amide bonds. The summed E-state index contributed by atoms with van der Waals surface area (Å²) in [5, 5.41) is 12.7. The van der Waals surface area contributed by atoms with Crippen LogP contribution in [0.4, 0.5) is 0 Å². The van der Waals surface area contributed by atoms with Crippen molar-refractivity contribution in [2.45, 2.75) is 70.4 Å². The lowest BCUT2D eigenvalue weighted by Crippen LogP contribution is -2.43. The minimum atomic E-state index is -0.602. The number of aliphatic carboxylic acids is 1. The second kappa shape index (κ2) is 5.85. The minimum Gasteiger partial charge on any atom is -0.481 e. The van der Waals surface area contributed by atoms with Crippen LogP contribution >= 0.6 is 0 Å². The highest BCUT2D eigenvalue weighted by atomic mass is 16.4. The number of nitrogens with one attached hydrogen (secondary N) is 1. The Morgan fingerprint density at radius 1 is 1.06 bits per heavy atom. The van der Waals surface area contributed by atoms with Crippen molar-refractivity contribution < 1.29 is 9.90 Å². The first-order valence-corrected chi connectivity index (χ1v) is 7.14. The summed E-state index contributed by atoms with van der Waals surface area (Å²) in [5.74, 6) is 0.171. The molecule has 2 rings (SSSR count). The number of hydrogen-bond donors (Lipinski definition) is 2. The summed E-state index contributed by atoms with van der Waals surface area (Å²) < 4.78 is 0. The van der Waals surface area contributed by atoms with Crippen LogP contribution in [-0.2, 0) is 4.79 Å². The molecule has 0 aromatic rings. The Bertz CT molecular complexity index is 259. The zero-order valence-electron chi connectivity index (χ0n) is 10.8. The molecule has 0 aromatic heterocycles. The predicted molar refractivity (Wildman–Crippen MR) is 67.9 cm³/mol. The van der Waals surface area contributed by atoms with E-state index in [9.17, 15) is 4.79 Å². The third-order valence-electron chi connectivity index (χ3n) is 4.48. The molecule has 0 heterocycles. The largest absolute Gasteiger partial charge is 0.481 e. The van der Waals surface area contributed by atoms with Gasteiger partial charge in [0.25, 0.3) is 0 Å². The fourth-order valence-corrected chi connectivity index (χ4v) is 3.43. The van der Waals surface area contributed by atoms with E-state index in [4.69, 9.17) is 5.11 Å². The summed E-state index contributed by atoms with van der Waals surface area (Å²) in [4.78, 5) is 10.9. The molecule has 17 heavy (non-hydrogen) atoms. The average Bonchev–Trinajstić information content (AvgIpc) is 2.29. The molecule has 0 bridgehead atoms. The van der Waals surface area contributed by atoms with Crippen LogP contribution in [0.3, 0.4) is 0 Å². The number of rotatable bonds is 3. The molecule has 0 spiro atoms. The van der Waals surface area contributed by atoms with Crippen molar-refractivity contribution in [2.75, 3.05) is 0 Å². The van der Waals surface area contributed by atoms with E-state index in [2.05, 4.69) is 12.2 Å². The van der Waals surface area contributed by atoms with Crippen molar-refractivity contribution >= 4 is 5.97 Å². The van der Waals surface area contributed by atoms with Crippen molar-refractivity contribution in [1.29, 1.82) is 0 Å². The van der Waals surface area contributed by atoms with Crippen LogP contribution in [-0.4, -0.2) is 23.2 Å². The van der Waals surface area contributed by atoms with Gasteiger partial charge >= 0.3 is 5.97 Å². The SMILES string of the molecule is CC1CCCC(NC2CCC(C(=O)O)CC2)C1. The molecule has 2 fully saturated rings. The topological polar surface area (TPSA) is 49.3 Å². The number of carbonyl (C=O) groups is 1. The van der Waals surface area contributed by atoms with Crippen molar-refractivity contribution in [3.8, 4) is 0 Å². The van der Waals surface area contributed by atoms with Crippen molar-refractivity contribution in [1.82, 2.24) is 5.32 Å². The van der Waals surface area contributed by atoms with E-state index in [0.29, 0.717) is 12.1 Å². The Hall–Kier alpha value is -0.570. The van der Waals surface area contributed by atoms with Gasteiger partial charge in [0.15, 0.2) is 0 Å². The van der Waals surface area contributed by atoms with E-state index >= 15 is 0 Å². The molecule has 3 heteroatoms. The van der Waals surface area contributed by atoms with Gasteiger partial charge in [-0.2, -0.15) is 0 Å². The lowest BCUT2D eigenvalue weighted by atomic mass is 9.83. The second-order valence-corrected chi connectivity index (χ2v) is 6.02. The lowest BCUT2D eigenvalue weighted by Gasteiger charge is -2.34. The Balaban J connectivity index is 1.72. The van der Waals surface area contributed by atoms with Gasteiger partial charge in [-0.3, -0.25) is 4.79 Å². The van der Waals surface area contributed by atoms with E-state index in [1.165, 1.54) is 25.7 Å². The van der Waals surface area contributed by atoms with Gasteiger partial charge < -0.3 is 10.4 Å². The summed E-state index contributed by atoms with van der Waals surface area (Å²) in [6, 6.07) is 1.26. The summed E-state index contributed by atoms with van der Waals surface area (Å²) in [6.45, 7) is 2.34. The van der Waals surface area contributed by atoms with E-state index in [0.717, 1.165) is 31.6 Å². The average molecular weight is 239 g/mol. The minimum absolute atomic E-state index is 0.0849. The number of carboxylic acids is 1. The number of hydrogen-bond acceptors (Lipinski definition) is 2. The van der Waals surface area contributed by atoms with Gasteiger partial charge in [-0.25, -0.2) is 0 Å². The maximum Gasteiger partial charge on any atom is 0.306 e. The van der Waals surface area contributed by atoms with Crippen LogP contribution in [0, 0.1) is 11.8 Å². The first kappa shape index (κ1) is 12.9. The summed E-state index contributed by atoms with van der Waals surface area (Å²) in [6.07, 6.45) is 9.14. The van der Waals surface area contributed by atoms with Gasteiger partial charge in [-0.15, -0.1) is 0 Å². The molecule has 2 atom stereocenters. The first-order valence-electron chi connectivity index (χ1n) is 7.14. The molecule has 3 nitrogen and oxygen atoms in total. The van der Waals surface area contributed by atoms with Crippen molar-refractivity contribution in [2.24, 2.45) is 11.8 Å². The van der Waals surface area contributed by atoms with Gasteiger partial charge in [0.05, 0.1) is 5.92 Å². The zero-order chi connectivity index (χ0) is 12.3. The third kappa shape index (κ3) is 3.70. The molecule has 2 saturated carbocycles. The molecule has 0 aromatic carbocycles. The van der Waals surface area contributed by atoms with Gasteiger partial charge in [0.1, 0.15) is 0 Å². The van der Waals surface area contributed by atoms with Crippen LogP contribution < -0.4 is 5.32 Å². The number of carboxylic acid groups (broad SMARTS) is 1. The van der Waals surface area contributed by atoms with Crippen LogP contribution in [0.5, 0.6) is 0 Å². The molecule has 2 unspecified atom stereocenters. The highest BCUT2D eigenvalue weighted by molar-refractivity contribution is 5.70. The Morgan fingerprint density at radius 3 is 2.35 bits per heavy atom. The predicted octanol–water partition coefficient (Wildman–Crippen LogP) is 2.80. The Kier molecular flexibility index (Phi) is 4.43. The van der Waals surface area contributed by atoms with Crippen LogP contribution in [0.25, 0.3) is 0 Å². The smallest absolute Gasteiger partial charge is 0.306 e. The molecular formula is C14H25NO2. The van der Waals surface area contributed by atoms with E-state index in [1.807, 2.05) is 0 Å². The normalized spacial score (nSPS) is 38.9. The molecule has 0 radical (unpaired) electrons. The van der Waals surface area contributed by atoms with E-state index < -0.39 is 5.97 Å². The van der Waals surface area contributed by atoms with Gasteiger partial charge in [0.2, 0.25) is 0 Å². The monoisotopic (exact) mass is 239 g/mol. The van der Waals surface area contributed by atoms with Crippen LogP contribution in [0.1, 0.15) is 58.3 Å². The lowest BCUT2D eigenvalue weighted by molar-refractivity contribution is -0.142. The van der Waals surface area contributed by atoms with Gasteiger partial charge in [-0.05, 0) is 44.4 Å². The Morgan fingerprint density at radius 2 is 1.76 bits per heavy atom. The third-order valence-corrected chi connectivity index (χ3v) is 4.48. The van der Waals surface area contributed by atoms with Gasteiger partial charge in [-0.1, -0.05) is 19.8 Å². The van der Waals surface area contributed by atoms with Crippen molar-refractivity contribution in [3.63, 3.8) is 0 Å². The quantitative estimate of drug-likeness (QED) is 0.796.